The van der Waals surface area contributed by atoms with E-state index >= 15 is 0 Å². The molecule has 0 atom stereocenters. The SMILES string of the molecule is COc1cccc(-n2nc(C)c(CCC(=O)NNC(=O)Cn3nc(C)cc3C)c2C)c1. The van der Waals surface area contributed by atoms with Crippen LogP contribution in [0.1, 0.15) is 34.8 Å². The van der Waals surface area contributed by atoms with Crippen molar-refractivity contribution < 1.29 is 14.3 Å². The van der Waals surface area contributed by atoms with Crippen LogP contribution >= 0.6 is 0 Å². The van der Waals surface area contributed by atoms with Crippen LogP contribution in [0.2, 0.25) is 0 Å². The van der Waals surface area contributed by atoms with E-state index in [9.17, 15) is 9.59 Å². The first kappa shape index (κ1) is 22.1. The normalized spacial score (nSPS) is 10.7. The highest BCUT2D eigenvalue weighted by Gasteiger charge is 2.15. The highest BCUT2D eigenvalue weighted by Crippen LogP contribution is 2.22. The lowest BCUT2D eigenvalue weighted by atomic mass is 10.1. The Hall–Kier alpha value is -3.62. The quantitative estimate of drug-likeness (QED) is 0.566. The Bertz CT molecular complexity index is 1100. The fourth-order valence-electron chi connectivity index (χ4n) is 3.48. The van der Waals surface area contributed by atoms with Gasteiger partial charge in [0.2, 0.25) is 5.91 Å². The van der Waals surface area contributed by atoms with Gasteiger partial charge in [0, 0.05) is 23.9 Å². The zero-order chi connectivity index (χ0) is 22.5. The molecule has 164 valence electrons. The van der Waals surface area contributed by atoms with Crippen molar-refractivity contribution in [3.05, 3.63) is 58.7 Å². The van der Waals surface area contributed by atoms with Crippen molar-refractivity contribution >= 4 is 11.8 Å². The number of amides is 2. The summed E-state index contributed by atoms with van der Waals surface area (Å²) in [7, 11) is 1.63. The summed E-state index contributed by atoms with van der Waals surface area (Å²) in [6.45, 7) is 7.69. The molecule has 0 radical (unpaired) electrons. The van der Waals surface area contributed by atoms with Crippen LogP contribution in [0.3, 0.4) is 0 Å². The third-order valence-corrected chi connectivity index (χ3v) is 5.08. The molecule has 31 heavy (non-hydrogen) atoms. The van der Waals surface area contributed by atoms with Crippen LogP contribution in [0.5, 0.6) is 5.75 Å². The van der Waals surface area contributed by atoms with Gasteiger partial charge in [-0.2, -0.15) is 10.2 Å². The second-order valence-electron chi connectivity index (χ2n) is 7.44. The highest BCUT2D eigenvalue weighted by atomic mass is 16.5. The van der Waals surface area contributed by atoms with Crippen LogP contribution in [0.4, 0.5) is 0 Å². The Morgan fingerprint density at radius 2 is 1.77 bits per heavy atom. The fraction of sp³-hybridized carbons (Fsp3) is 0.364. The van der Waals surface area contributed by atoms with Gasteiger partial charge in [0.25, 0.3) is 5.91 Å². The molecule has 1 aromatic carbocycles. The zero-order valence-electron chi connectivity index (χ0n) is 18.5. The van der Waals surface area contributed by atoms with Gasteiger partial charge in [0.1, 0.15) is 12.3 Å². The Labute approximate surface area is 181 Å². The second-order valence-corrected chi connectivity index (χ2v) is 7.44. The molecular formula is C22H28N6O3. The van der Waals surface area contributed by atoms with Crippen LogP contribution in [-0.2, 0) is 22.6 Å². The number of aryl methyl sites for hydroxylation is 3. The molecule has 0 bridgehead atoms. The average Bonchev–Trinajstić information content (AvgIpc) is 3.21. The maximum atomic E-state index is 12.2. The summed E-state index contributed by atoms with van der Waals surface area (Å²) < 4.78 is 8.73. The second kappa shape index (κ2) is 9.46. The predicted molar refractivity (Wildman–Crippen MR) is 116 cm³/mol. The summed E-state index contributed by atoms with van der Waals surface area (Å²) >= 11 is 0. The summed E-state index contributed by atoms with van der Waals surface area (Å²) in [6, 6.07) is 9.54. The van der Waals surface area contributed by atoms with Gasteiger partial charge in [0.05, 0.1) is 24.2 Å². The minimum Gasteiger partial charge on any atom is -0.497 e. The molecule has 3 aromatic rings. The van der Waals surface area contributed by atoms with Gasteiger partial charge in [-0.3, -0.25) is 25.1 Å². The molecule has 0 aliphatic carbocycles. The monoisotopic (exact) mass is 424 g/mol. The molecule has 9 nitrogen and oxygen atoms in total. The van der Waals surface area contributed by atoms with Gasteiger partial charge in [-0.1, -0.05) is 6.07 Å². The topological polar surface area (TPSA) is 103 Å². The molecule has 2 heterocycles. The highest BCUT2D eigenvalue weighted by molar-refractivity contribution is 5.82. The van der Waals surface area contributed by atoms with Crippen molar-refractivity contribution in [1.29, 1.82) is 0 Å². The number of hydrazine groups is 1. The van der Waals surface area contributed by atoms with Crippen molar-refractivity contribution in [2.45, 2.75) is 47.1 Å². The minimum absolute atomic E-state index is 0.0471. The van der Waals surface area contributed by atoms with Gasteiger partial charge < -0.3 is 4.74 Å². The molecule has 0 unspecified atom stereocenters. The Morgan fingerprint density at radius 1 is 1.03 bits per heavy atom. The van der Waals surface area contributed by atoms with E-state index in [0.29, 0.717) is 6.42 Å². The number of nitrogens with one attached hydrogen (secondary N) is 2. The zero-order valence-corrected chi connectivity index (χ0v) is 18.5. The maximum absolute atomic E-state index is 12.2. The summed E-state index contributed by atoms with van der Waals surface area (Å²) in [5.41, 5.74) is 10.4. The molecule has 2 aromatic heterocycles. The molecule has 3 rings (SSSR count). The van der Waals surface area contributed by atoms with Gasteiger partial charge in [-0.05, 0) is 57.9 Å². The smallest absolute Gasteiger partial charge is 0.260 e. The number of benzene rings is 1. The third-order valence-electron chi connectivity index (χ3n) is 5.08. The van der Waals surface area contributed by atoms with E-state index in [2.05, 4.69) is 21.0 Å². The third kappa shape index (κ3) is 5.30. The lowest BCUT2D eigenvalue weighted by Crippen LogP contribution is -2.43. The number of carbonyl (C=O) groups is 2. The number of ether oxygens (including phenoxy) is 1. The molecule has 0 saturated carbocycles. The number of nitrogens with zero attached hydrogens (tertiary/aromatic N) is 4. The van der Waals surface area contributed by atoms with Crippen molar-refractivity contribution in [3.63, 3.8) is 0 Å². The number of rotatable bonds is 7. The average molecular weight is 425 g/mol. The predicted octanol–water partition coefficient (Wildman–Crippen LogP) is 2.09. The van der Waals surface area contributed by atoms with Crippen LogP contribution in [-0.4, -0.2) is 38.5 Å². The summed E-state index contributed by atoms with van der Waals surface area (Å²) in [5, 5.41) is 8.85. The van der Waals surface area contributed by atoms with Crippen LogP contribution in [0, 0.1) is 27.7 Å². The van der Waals surface area contributed by atoms with E-state index in [-0.39, 0.29) is 24.8 Å². The first-order chi connectivity index (χ1) is 14.8. The Kier molecular flexibility index (Phi) is 6.74. The molecule has 2 N–H and O–H groups in total. The number of hydrogen-bond acceptors (Lipinski definition) is 5. The standard InChI is InChI=1S/C22H28N6O3/c1-14-11-15(2)27(25-14)13-22(30)24-23-21(29)10-9-20-16(3)26-28(17(20)4)18-7-6-8-19(12-18)31-5/h6-8,11-12H,9-10,13H2,1-5H3,(H,23,29)(H,24,30). The lowest BCUT2D eigenvalue weighted by molar-refractivity contribution is -0.129. The molecule has 9 heteroatoms. The molecule has 2 amide bonds. The van der Waals surface area contributed by atoms with Crippen molar-refractivity contribution in [2.75, 3.05) is 7.11 Å². The van der Waals surface area contributed by atoms with Gasteiger partial charge in [-0.25, -0.2) is 4.68 Å². The van der Waals surface area contributed by atoms with E-state index < -0.39 is 0 Å². The van der Waals surface area contributed by atoms with Crippen LogP contribution in [0.25, 0.3) is 5.69 Å². The molecule has 0 fully saturated rings. The molecule has 0 spiro atoms. The summed E-state index contributed by atoms with van der Waals surface area (Å²) in [5.74, 6) is 0.148. The fourth-order valence-corrected chi connectivity index (χ4v) is 3.48. The van der Waals surface area contributed by atoms with Crippen molar-refractivity contribution in [2.24, 2.45) is 0 Å². The van der Waals surface area contributed by atoms with Gasteiger partial charge in [0.15, 0.2) is 0 Å². The first-order valence-corrected chi connectivity index (χ1v) is 10.1. The van der Waals surface area contributed by atoms with E-state index in [1.807, 2.05) is 62.7 Å². The largest absolute Gasteiger partial charge is 0.497 e. The van der Waals surface area contributed by atoms with E-state index in [1.54, 1.807) is 11.8 Å². The lowest BCUT2D eigenvalue weighted by Gasteiger charge is -2.09. The van der Waals surface area contributed by atoms with E-state index in [4.69, 9.17) is 4.74 Å². The van der Waals surface area contributed by atoms with Gasteiger partial charge >= 0.3 is 0 Å². The number of methoxy groups -OCH3 is 1. The van der Waals surface area contributed by atoms with Crippen LogP contribution in [0.15, 0.2) is 30.3 Å². The molecular weight excluding hydrogens is 396 g/mol. The molecule has 0 aliphatic rings. The van der Waals surface area contributed by atoms with Gasteiger partial charge in [-0.15, -0.1) is 0 Å². The minimum atomic E-state index is -0.335. The number of aromatic nitrogens is 4. The first-order valence-electron chi connectivity index (χ1n) is 10.1. The Balaban J connectivity index is 1.56. The van der Waals surface area contributed by atoms with E-state index in [0.717, 1.165) is 39.8 Å². The summed E-state index contributed by atoms with van der Waals surface area (Å²) in [4.78, 5) is 24.3. The Morgan fingerprint density at radius 3 is 2.45 bits per heavy atom. The molecule has 0 aliphatic heterocycles. The summed E-state index contributed by atoms with van der Waals surface area (Å²) in [6.07, 6.45) is 0.743. The molecule has 0 saturated heterocycles. The van der Waals surface area contributed by atoms with Crippen molar-refractivity contribution in [1.82, 2.24) is 30.4 Å². The maximum Gasteiger partial charge on any atom is 0.260 e. The number of hydrogen-bond donors (Lipinski definition) is 2. The number of carbonyl (C=O) groups excluding carboxylic acids is 2. The van der Waals surface area contributed by atoms with Crippen molar-refractivity contribution in [3.8, 4) is 11.4 Å². The van der Waals surface area contributed by atoms with E-state index in [1.165, 1.54) is 0 Å². The van der Waals surface area contributed by atoms with Crippen LogP contribution < -0.4 is 15.6 Å².